The normalized spacial score (nSPS) is 23.1. The van der Waals surface area contributed by atoms with Crippen molar-refractivity contribution in [3.63, 3.8) is 0 Å². The number of carboxylic acid groups (broad SMARTS) is 1. The average Bonchev–Trinajstić information content (AvgIpc) is 2.73. The molecular formula is C12H13FN2O3. The van der Waals surface area contributed by atoms with E-state index in [0.717, 1.165) is 6.20 Å². The molecule has 1 aliphatic rings. The van der Waals surface area contributed by atoms with Gasteiger partial charge in [0.15, 0.2) is 5.82 Å². The molecule has 1 aliphatic heterocycles. The Morgan fingerprint density at radius 3 is 2.83 bits per heavy atom. The predicted octanol–water partition coefficient (Wildman–Crippen LogP) is 1.16. The minimum absolute atomic E-state index is 0.0698. The van der Waals surface area contributed by atoms with E-state index in [4.69, 9.17) is 5.11 Å². The van der Waals surface area contributed by atoms with Crippen molar-refractivity contribution in [1.29, 1.82) is 0 Å². The second-order valence-corrected chi connectivity index (χ2v) is 4.70. The fourth-order valence-corrected chi connectivity index (χ4v) is 2.03. The number of halogens is 1. The Hall–Kier alpha value is -1.98. The lowest BCUT2D eigenvalue weighted by Gasteiger charge is -2.20. The zero-order valence-electron chi connectivity index (χ0n) is 9.89. The van der Waals surface area contributed by atoms with E-state index in [1.807, 2.05) is 0 Å². The molecule has 1 aromatic rings. The Labute approximate surface area is 103 Å². The van der Waals surface area contributed by atoms with Crippen LogP contribution in [0.2, 0.25) is 0 Å². The molecule has 0 aliphatic carbocycles. The van der Waals surface area contributed by atoms with Gasteiger partial charge in [-0.3, -0.25) is 14.6 Å². The van der Waals surface area contributed by atoms with Crippen molar-refractivity contribution in [3.05, 3.63) is 29.8 Å². The largest absolute Gasteiger partial charge is 0.481 e. The van der Waals surface area contributed by atoms with Crippen LogP contribution < -0.4 is 0 Å². The zero-order chi connectivity index (χ0) is 13.3. The lowest BCUT2D eigenvalue weighted by atomic mass is 9.90. The number of aliphatic carboxylic acids is 1. The number of carbonyl (C=O) groups excluding carboxylic acids is 1. The Morgan fingerprint density at radius 1 is 1.56 bits per heavy atom. The van der Waals surface area contributed by atoms with E-state index in [0.29, 0.717) is 13.0 Å². The highest BCUT2D eigenvalue weighted by Gasteiger charge is 2.42. The fourth-order valence-electron chi connectivity index (χ4n) is 2.03. The molecule has 1 N–H and O–H groups in total. The lowest BCUT2D eigenvalue weighted by Crippen LogP contribution is -2.35. The number of pyridine rings is 1. The van der Waals surface area contributed by atoms with Crippen LogP contribution in [-0.4, -0.2) is 40.0 Å². The van der Waals surface area contributed by atoms with Gasteiger partial charge in [-0.1, -0.05) is 0 Å². The molecular weight excluding hydrogens is 239 g/mol. The Kier molecular flexibility index (Phi) is 3.02. The van der Waals surface area contributed by atoms with Crippen LogP contribution in [0.15, 0.2) is 18.5 Å². The van der Waals surface area contributed by atoms with E-state index in [1.54, 1.807) is 6.92 Å². The molecule has 0 bridgehead atoms. The summed E-state index contributed by atoms with van der Waals surface area (Å²) in [5.41, 5.74) is -1.02. The summed E-state index contributed by atoms with van der Waals surface area (Å²) in [7, 11) is 0. The summed E-state index contributed by atoms with van der Waals surface area (Å²) >= 11 is 0. The van der Waals surface area contributed by atoms with E-state index >= 15 is 0 Å². The first-order valence-corrected chi connectivity index (χ1v) is 5.56. The highest BCUT2D eigenvalue weighted by Crippen LogP contribution is 2.31. The molecule has 1 amide bonds. The van der Waals surface area contributed by atoms with Gasteiger partial charge >= 0.3 is 5.97 Å². The summed E-state index contributed by atoms with van der Waals surface area (Å²) in [6, 6.07) is 1.30. The van der Waals surface area contributed by atoms with E-state index in [-0.39, 0.29) is 12.1 Å². The van der Waals surface area contributed by atoms with Gasteiger partial charge in [-0.15, -0.1) is 0 Å². The number of amides is 1. The molecule has 5 nitrogen and oxygen atoms in total. The quantitative estimate of drug-likeness (QED) is 0.857. The molecule has 1 atom stereocenters. The SMILES string of the molecule is CC1(C(=O)O)CCN(C(=O)c2ccncc2F)C1. The smallest absolute Gasteiger partial charge is 0.311 e. The van der Waals surface area contributed by atoms with Crippen LogP contribution in [0, 0.1) is 11.2 Å². The summed E-state index contributed by atoms with van der Waals surface area (Å²) in [5.74, 6) is -2.11. The molecule has 96 valence electrons. The summed E-state index contributed by atoms with van der Waals surface area (Å²) in [6.07, 6.45) is 2.68. The van der Waals surface area contributed by atoms with Gasteiger partial charge in [0.2, 0.25) is 0 Å². The molecule has 1 unspecified atom stereocenters. The summed E-state index contributed by atoms with van der Waals surface area (Å²) < 4.78 is 13.4. The van der Waals surface area contributed by atoms with Crippen molar-refractivity contribution >= 4 is 11.9 Å². The Bertz CT molecular complexity index is 506. The van der Waals surface area contributed by atoms with Crippen LogP contribution in [0.5, 0.6) is 0 Å². The molecule has 18 heavy (non-hydrogen) atoms. The van der Waals surface area contributed by atoms with Gasteiger partial charge in [0, 0.05) is 19.3 Å². The molecule has 6 heteroatoms. The predicted molar refractivity (Wildman–Crippen MR) is 60.5 cm³/mol. The third-order valence-electron chi connectivity index (χ3n) is 3.28. The molecule has 0 radical (unpaired) electrons. The van der Waals surface area contributed by atoms with Crippen molar-refractivity contribution in [2.75, 3.05) is 13.1 Å². The van der Waals surface area contributed by atoms with E-state index in [9.17, 15) is 14.0 Å². The average molecular weight is 252 g/mol. The number of hydrogen-bond donors (Lipinski definition) is 1. The molecule has 2 rings (SSSR count). The monoisotopic (exact) mass is 252 g/mol. The highest BCUT2D eigenvalue weighted by molar-refractivity contribution is 5.95. The third kappa shape index (κ3) is 2.05. The Balaban J connectivity index is 2.18. The number of hydrogen-bond acceptors (Lipinski definition) is 3. The maximum Gasteiger partial charge on any atom is 0.311 e. The molecule has 1 saturated heterocycles. The lowest BCUT2D eigenvalue weighted by molar-refractivity contribution is -0.147. The Morgan fingerprint density at radius 2 is 2.28 bits per heavy atom. The second kappa shape index (κ2) is 4.36. The number of carboxylic acids is 1. The van der Waals surface area contributed by atoms with Gasteiger partial charge in [-0.2, -0.15) is 0 Å². The summed E-state index contributed by atoms with van der Waals surface area (Å²) in [5, 5.41) is 9.08. The number of rotatable bonds is 2. The fraction of sp³-hybridized carbons (Fsp3) is 0.417. The van der Waals surface area contributed by atoms with Crippen LogP contribution in [0.1, 0.15) is 23.7 Å². The van der Waals surface area contributed by atoms with E-state index < -0.39 is 23.1 Å². The molecule has 1 aromatic heterocycles. The van der Waals surface area contributed by atoms with Crippen LogP contribution in [0.3, 0.4) is 0 Å². The third-order valence-corrected chi connectivity index (χ3v) is 3.28. The first-order valence-electron chi connectivity index (χ1n) is 5.56. The maximum atomic E-state index is 13.4. The number of aromatic nitrogens is 1. The maximum absolute atomic E-state index is 13.4. The molecule has 2 heterocycles. The number of likely N-dealkylation sites (tertiary alicyclic amines) is 1. The van der Waals surface area contributed by atoms with Crippen LogP contribution >= 0.6 is 0 Å². The topological polar surface area (TPSA) is 70.5 Å². The van der Waals surface area contributed by atoms with Gasteiger partial charge in [-0.25, -0.2) is 4.39 Å². The first kappa shape index (κ1) is 12.5. The minimum atomic E-state index is -0.945. The van der Waals surface area contributed by atoms with Crippen molar-refractivity contribution in [1.82, 2.24) is 9.88 Å². The van der Waals surface area contributed by atoms with Crippen molar-refractivity contribution in [3.8, 4) is 0 Å². The van der Waals surface area contributed by atoms with Crippen molar-refractivity contribution in [2.45, 2.75) is 13.3 Å². The number of carbonyl (C=O) groups is 2. The molecule has 0 saturated carbocycles. The van der Waals surface area contributed by atoms with Crippen LogP contribution in [0.25, 0.3) is 0 Å². The van der Waals surface area contributed by atoms with Gasteiger partial charge < -0.3 is 10.0 Å². The standard InChI is InChI=1S/C12H13FN2O3/c1-12(11(17)18)3-5-15(7-12)10(16)8-2-4-14-6-9(8)13/h2,4,6H,3,5,7H2,1H3,(H,17,18). The van der Waals surface area contributed by atoms with Crippen molar-refractivity contribution in [2.24, 2.45) is 5.41 Å². The van der Waals surface area contributed by atoms with Gasteiger partial charge in [0.25, 0.3) is 5.91 Å². The molecule has 1 fully saturated rings. The van der Waals surface area contributed by atoms with Gasteiger partial charge in [-0.05, 0) is 19.4 Å². The zero-order valence-corrected chi connectivity index (χ0v) is 9.89. The minimum Gasteiger partial charge on any atom is -0.481 e. The summed E-state index contributed by atoms with van der Waals surface area (Å²) in [4.78, 5) is 28.1. The molecule has 0 aromatic carbocycles. The van der Waals surface area contributed by atoms with Crippen LogP contribution in [0.4, 0.5) is 4.39 Å². The summed E-state index contributed by atoms with van der Waals surface area (Å²) in [6.45, 7) is 2.01. The van der Waals surface area contributed by atoms with Crippen LogP contribution in [-0.2, 0) is 4.79 Å². The first-order chi connectivity index (χ1) is 8.44. The van der Waals surface area contributed by atoms with E-state index in [2.05, 4.69) is 4.98 Å². The molecule has 0 spiro atoms. The van der Waals surface area contributed by atoms with Gasteiger partial charge in [0.1, 0.15) is 0 Å². The van der Waals surface area contributed by atoms with Crippen molar-refractivity contribution < 1.29 is 19.1 Å². The second-order valence-electron chi connectivity index (χ2n) is 4.70. The van der Waals surface area contributed by atoms with Gasteiger partial charge in [0.05, 0.1) is 17.2 Å². The highest BCUT2D eigenvalue weighted by atomic mass is 19.1. The van der Waals surface area contributed by atoms with E-state index in [1.165, 1.54) is 17.2 Å². The number of nitrogens with zero attached hydrogens (tertiary/aromatic N) is 2.